The Morgan fingerprint density at radius 1 is 1.00 bits per heavy atom. The summed E-state index contributed by atoms with van der Waals surface area (Å²) in [4.78, 5) is 32.8. The minimum atomic E-state index is -0.201. The molecule has 9 nitrogen and oxygen atoms in total. The van der Waals surface area contributed by atoms with Crippen LogP contribution in [0.3, 0.4) is 0 Å². The lowest BCUT2D eigenvalue weighted by Crippen LogP contribution is -2.15. The fraction of sp³-hybridized carbons (Fsp3) is 0.0556. The van der Waals surface area contributed by atoms with E-state index >= 15 is 0 Å². The number of hydrogen-bond acceptors (Lipinski definition) is 8. The van der Waals surface area contributed by atoms with E-state index in [-0.39, 0.29) is 11.7 Å². The van der Waals surface area contributed by atoms with Gasteiger partial charge in [0, 0.05) is 11.6 Å². The first-order chi connectivity index (χ1) is 13.8. The summed E-state index contributed by atoms with van der Waals surface area (Å²) in [7, 11) is 0. The lowest BCUT2D eigenvalue weighted by atomic mass is 10.1. The number of thioether (sulfide) groups is 1. The number of nitrogens with zero attached hydrogens (tertiary/aromatic N) is 7. The second-order valence-corrected chi connectivity index (χ2v) is 6.54. The van der Waals surface area contributed by atoms with E-state index in [1.807, 2.05) is 36.4 Å². The van der Waals surface area contributed by atoms with E-state index < -0.39 is 0 Å². The first kappa shape index (κ1) is 17.7. The van der Waals surface area contributed by atoms with Gasteiger partial charge in [-0.15, -0.1) is 0 Å². The Hall–Kier alpha value is -3.66. The van der Waals surface area contributed by atoms with Gasteiger partial charge in [0.05, 0.1) is 11.4 Å². The average molecular weight is 390 g/mol. The van der Waals surface area contributed by atoms with E-state index in [1.54, 1.807) is 6.07 Å². The highest BCUT2D eigenvalue weighted by Gasteiger charge is 2.09. The lowest BCUT2D eigenvalue weighted by molar-refractivity contribution is -0.113. The van der Waals surface area contributed by atoms with Crippen molar-refractivity contribution in [3.05, 3.63) is 67.8 Å². The zero-order valence-electron chi connectivity index (χ0n) is 14.5. The van der Waals surface area contributed by atoms with Crippen LogP contribution in [0.4, 0.5) is 5.82 Å². The largest absolute Gasteiger partial charge is 0.310 e. The Kier molecular flexibility index (Phi) is 5.29. The molecule has 0 atom stereocenters. The van der Waals surface area contributed by atoms with E-state index in [0.717, 1.165) is 16.3 Å². The molecule has 1 aromatic carbocycles. The summed E-state index contributed by atoms with van der Waals surface area (Å²) in [6.45, 7) is 0. The molecular formula is C18H14N8OS. The maximum Gasteiger partial charge on any atom is 0.235 e. The van der Waals surface area contributed by atoms with Crippen LogP contribution in [-0.2, 0) is 4.79 Å². The van der Waals surface area contributed by atoms with Crippen molar-refractivity contribution in [3.8, 4) is 17.1 Å². The SMILES string of the molecule is O=C(CSc1cc(-c2ccccc2)ncn1)Nc1cc(-n2cncn2)ncn1. The number of hydrogen-bond donors (Lipinski definition) is 1. The monoisotopic (exact) mass is 390 g/mol. The molecule has 138 valence electrons. The number of carbonyl (C=O) groups is 1. The van der Waals surface area contributed by atoms with Crippen LogP contribution in [0.15, 0.2) is 72.8 Å². The second-order valence-electron chi connectivity index (χ2n) is 5.55. The van der Waals surface area contributed by atoms with Crippen molar-refractivity contribution in [2.75, 3.05) is 11.1 Å². The van der Waals surface area contributed by atoms with Gasteiger partial charge in [-0.25, -0.2) is 29.6 Å². The van der Waals surface area contributed by atoms with Crippen LogP contribution in [-0.4, -0.2) is 46.4 Å². The summed E-state index contributed by atoms with van der Waals surface area (Å²) < 4.78 is 1.48. The summed E-state index contributed by atoms with van der Waals surface area (Å²) in [6.07, 6.45) is 5.78. The summed E-state index contributed by atoms with van der Waals surface area (Å²) in [5, 5.41) is 7.46. The molecule has 0 spiro atoms. The van der Waals surface area contributed by atoms with Crippen LogP contribution >= 0.6 is 11.8 Å². The molecule has 0 fully saturated rings. The van der Waals surface area contributed by atoms with Gasteiger partial charge in [-0.1, -0.05) is 42.1 Å². The zero-order chi connectivity index (χ0) is 19.2. The summed E-state index contributed by atoms with van der Waals surface area (Å²) >= 11 is 1.32. The van der Waals surface area contributed by atoms with Gasteiger partial charge in [0.15, 0.2) is 5.82 Å². The quantitative estimate of drug-likeness (QED) is 0.394. The number of aromatic nitrogens is 7. The topological polar surface area (TPSA) is 111 Å². The van der Waals surface area contributed by atoms with Crippen LogP contribution < -0.4 is 5.32 Å². The number of rotatable bonds is 6. The maximum absolute atomic E-state index is 12.3. The summed E-state index contributed by atoms with van der Waals surface area (Å²) in [5.41, 5.74) is 1.81. The third kappa shape index (κ3) is 4.35. The van der Waals surface area contributed by atoms with Crippen molar-refractivity contribution >= 4 is 23.5 Å². The first-order valence-corrected chi connectivity index (χ1v) is 9.24. The zero-order valence-corrected chi connectivity index (χ0v) is 15.3. The van der Waals surface area contributed by atoms with Crippen LogP contribution in [0.5, 0.6) is 0 Å². The molecule has 0 aliphatic heterocycles. The molecule has 0 saturated carbocycles. The minimum Gasteiger partial charge on any atom is -0.310 e. The molecule has 0 aliphatic carbocycles. The van der Waals surface area contributed by atoms with Gasteiger partial charge >= 0.3 is 0 Å². The van der Waals surface area contributed by atoms with Crippen molar-refractivity contribution in [3.63, 3.8) is 0 Å². The molecule has 0 radical (unpaired) electrons. The van der Waals surface area contributed by atoms with Gasteiger partial charge in [-0.05, 0) is 6.07 Å². The molecule has 1 amide bonds. The molecule has 1 N–H and O–H groups in total. The van der Waals surface area contributed by atoms with Crippen LogP contribution in [0.25, 0.3) is 17.1 Å². The first-order valence-electron chi connectivity index (χ1n) is 8.25. The Bertz CT molecular complexity index is 1070. The maximum atomic E-state index is 12.3. The van der Waals surface area contributed by atoms with Gasteiger partial charge in [0.1, 0.15) is 36.2 Å². The highest BCUT2D eigenvalue weighted by molar-refractivity contribution is 7.99. The molecule has 28 heavy (non-hydrogen) atoms. The average Bonchev–Trinajstić information content (AvgIpc) is 3.28. The van der Waals surface area contributed by atoms with E-state index in [1.165, 1.54) is 41.8 Å². The van der Waals surface area contributed by atoms with E-state index in [9.17, 15) is 4.79 Å². The van der Waals surface area contributed by atoms with Gasteiger partial charge < -0.3 is 5.32 Å². The van der Waals surface area contributed by atoms with Crippen molar-refractivity contribution < 1.29 is 4.79 Å². The molecule has 3 aromatic heterocycles. The van der Waals surface area contributed by atoms with Gasteiger partial charge in [-0.2, -0.15) is 5.10 Å². The second kappa shape index (κ2) is 8.35. The van der Waals surface area contributed by atoms with Gasteiger partial charge in [0.25, 0.3) is 0 Å². The standard InChI is InChI=1S/C18H14N8OS/c27-17(25-15-7-16(22-11-21-15)26-12-19-9-24-26)8-28-18-6-14(20-10-23-18)13-4-2-1-3-5-13/h1-7,9-12H,8H2,(H,21,22,25,27). The molecule has 4 aromatic rings. The molecule has 0 saturated heterocycles. The van der Waals surface area contributed by atoms with Gasteiger partial charge in [-0.3, -0.25) is 4.79 Å². The summed E-state index contributed by atoms with van der Waals surface area (Å²) in [6, 6.07) is 13.3. The number of amides is 1. The predicted molar refractivity (Wildman–Crippen MR) is 104 cm³/mol. The number of nitrogens with one attached hydrogen (secondary N) is 1. The van der Waals surface area contributed by atoms with Crippen LogP contribution in [0.1, 0.15) is 0 Å². The van der Waals surface area contributed by atoms with Crippen LogP contribution in [0.2, 0.25) is 0 Å². The molecule has 0 aliphatic rings. The molecule has 10 heteroatoms. The number of carbonyl (C=O) groups excluding carboxylic acids is 1. The normalized spacial score (nSPS) is 10.6. The number of benzene rings is 1. The smallest absolute Gasteiger partial charge is 0.235 e. The van der Waals surface area contributed by atoms with E-state index in [4.69, 9.17) is 0 Å². The Balaban J connectivity index is 1.38. The minimum absolute atomic E-state index is 0.188. The third-order valence-corrected chi connectivity index (χ3v) is 4.56. The molecule has 0 bridgehead atoms. The van der Waals surface area contributed by atoms with Crippen molar-refractivity contribution in [1.29, 1.82) is 0 Å². The van der Waals surface area contributed by atoms with Crippen molar-refractivity contribution in [2.24, 2.45) is 0 Å². The molecule has 3 heterocycles. The third-order valence-electron chi connectivity index (χ3n) is 3.64. The Morgan fingerprint density at radius 3 is 2.68 bits per heavy atom. The van der Waals surface area contributed by atoms with Crippen molar-refractivity contribution in [2.45, 2.75) is 5.03 Å². The Morgan fingerprint density at radius 2 is 1.86 bits per heavy atom. The van der Waals surface area contributed by atoms with Crippen LogP contribution in [0, 0.1) is 0 Å². The van der Waals surface area contributed by atoms with Gasteiger partial charge in [0.2, 0.25) is 5.91 Å². The predicted octanol–water partition coefficient (Wildman–Crippen LogP) is 2.25. The fourth-order valence-electron chi connectivity index (χ4n) is 2.37. The Labute approximate surface area is 164 Å². The molecular weight excluding hydrogens is 376 g/mol. The van der Waals surface area contributed by atoms with E-state index in [0.29, 0.717) is 11.6 Å². The highest BCUT2D eigenvalue weighted by Crippen LogP contribution is 2.21. The van der Waals surface area contributed by atoms with E-state index in [2.05, 4.69) is 35.3 Å². The molecule has 4 rings (SSSR count). The lowest BCUT2D eigenvalue weighted by Gasteiger charge is -2.06. The number of anilines is 1. The summed E-state index contributed by atoms with van der Waals surface area (Å²) in [5.74, 6) is 0.888. The highest BCUT2D eigenvalue weighted by atomic mass is 32.2. The fourth-order valence-corrected chi connectivity index (χ4v) is 3.04. The molecule has 0 unspecified atom stereocenters. The van der Waals surface area contributed by atoms with Crippen molar-refractivity contribution in [1.82, 2.24) is 34.7 Å².